The molecule has 118 valence electrons. The highest BCUT2D eigenvalue weighted by Crippen LogP contribution is 2.62. The summed E-state index contributed by atoms with van der Waals surface area (Å²) in [5.74, 6) is 0.697. The van der Waals surface area contributed by atoms with E-state index in [-0.39, 0.29) is 21.8 Å². The molecular formula is C15H25N3O2S. The van der Waals surface area contributed by atoms with Gasteiger partial charge in [-0.1, -0.05) is 34.6 Å². The van der Waals surface area contributed by atoms with E-state index in [9.17, 15) is 8.42 Å². The summed E-state index contributed by atoms with van der Waals surface area (Å²) in [5.41, 5.74) is -0.0633. The lowest BCUT2D eigenvalue weighted by atomic mass is 10.0. The van der Waals surface area contributed by atoms with Crippen LogP contribution < -0.4 is 10.0 Å². The molecule has 6 heteroatoms. The van der Waals surface area contributed by atoms with E-state index < -0.39 is 10.0 Å². The molecule has 0 amide bonds. The zero-order valence-electron chi connectivity index (χ0n) is 13.4. The number of hydrogen-bond donors (Lipinski definition) is 2. The summed E-state index contributed by atoms with van der Waals surface area (Å²) in [4.78, 5) is 4.36. The second kappa shape index (κ2) is 5.25. The van der Waals surface area contributed by atoms with Gasteiger partial charge in [0, 0.05) is 18.8 Å². The fourth-order valence-electron chi connectivity index (χ4n) is 2.61. The van der Waals surface area contributed by atoms with Crippen molar-refractivity contribution >= 4 is 15.8 Å². The first-order valence-corrected chi connectivity index (χ1v) is 8.83. The molecule has 1 heterocycles. The molecule has 0 saturated heterocycles. The van der Waals surface area contributed by atoms with Crippen LogP contribution in [0.15, 0.2) is 23.2 Å². The van der Waals surface area contributed by atoms with E-state index >= 15 is 0 Å². The maximum absolute atomic E-state index is 12.4. The summed E-state index contributed by atoms with van der Waals surface area (Å²) >= 11 is 0. The van der Waals surface area contributed by atoms with Crippen LogP contribution in [0.3, 0.4) is 0 Å². The number of anilines is 1. The summed E-state index contributed by atoms with van der Waals surface area (Å²) in [6.07, 6.45) is 2.40. The van der Waals surface area contributed by atoms with Crippen molar-refractivity contribution < 1.29 is 8.42 Å². The summed E-state index contributed by atoms with van der Waals surface area (Å²) in [6, 6.07) is 3.25. The highest BCUT2D eigenvalue weighted by atomic mass is 32.2. The topological polar surface area (TPSA) is 71.1 Å². The Hall–Kier alpha value is -1.14. The first kappa shape index (κ1) is 16.2. The molecule has 1 aliphatic carbocycles. The second-order valence-electron chi connectivity index (χ2n) is 6.80. The Kier molecular flexibility index (Phi) is 4.06. The summed E-state index contributed by atoms with van der Waals surface area (Å²) < 4.78 is 27.6. The van der Waals surface area contributed by atoms with Crippen LogP contribution >= 0.6 is 0 Å². The molecule has 1 aromatic heterocycles. The number of nitrogens with one attached hydrogen (secondary N) is 2. The third-order valence-electron chi connectivity index (χ3n) is 4.90. The average molecular weight is 311 g/mol. The Morgan fingerprint density at radius 2 is 1.81 bits per heavy atom. The summed E-state index contributed by atoms with van der Waals surface area (Å²) in [7, 11) is -3.52. The molecule has 0 aliphatic heterocycles. The van der Waals surface area contributed by atoms with Gasteiger partial charge in [0.25, 0.3) is 0 Å². The number of aromatic nitrogens is 1. The molecule has 2 N–H and O–H groups in total. The molecule has 5 nitrogen and oxygen atoms in total. The van der Waals surface area contributed by atoms with Crippen LogP contribution in [0.1, 0.15) is 41.0 Å². The molecule has 1 aliphatic rings. The Bertz CT molecular complexity index is 592. The van der Waals surface area contributed by atoms with Gasteiger partial charge in [-0.3, -0.25) is 0 Å². The Morgan fingerprint density at radius 3 is 2.24 bits per heavy atom. The smallest absolute Gasteiger partial charge is 0.242 e. The molecular weight excluding hydrogens is 286 g/mol. The van der Waals surface area contributed by atoms with E-state index in [1.54, 1.807) is 12.1 Å². The largest absolute Gasteiger partial charge is 0.370 e. The van der Waals surface area contributed by atoms with E-state index in [1.165, 1.54) is 6.20 Å². The van der Waals surface area contributed by atoms with Gasteiger partial charge in [-0.15, -0.1) is 0 Å². The van der Waals surface area contributed by atoms with Crippen LogP contribution in [-0.4, -0.2) is 26.0 Å². The molecule has 0 unspecified atom stereocenters. The van der Waals surface area contributed by atoms with Gasteiger partial charge in [0.2, 0.25) is 10.0 Å². The van der Waals surface area contributed by atoms with Crippen LogP contribution in [0.5, 0.6) is 0 Å². The van der Waals surface area contributed by atoms with Crippen molar-refractivity contribution in [2.24, 2.45) is 10.8 Å². The van der Waals surface area contributed by atoms with Crippen molar-refractivity contribution in [3.05, 3.63) is 18.3 Å². The molecule has 0 aromatic carbocycles. The van der Waals surface area contributed by atoms with Crippen molar-refractivity contribution in [2.45, 2.75) is 52.0 Å². The predicted octanol–water partition coefficient (Wildman–Crippen LogP) is 2.62. The van der Waals surface area contributed by atoms with E-state index in [0.29, 0.717) is 5.82 Å². The molecule has 0 bridgehead atoms. The SMILES string of the molecule is CCCNc1ccc(S(=O)(=O)NC2C(C)(C)C2(C)C)cn1. The lowest BCUT2D eigenvalue weighted by Gasteiger charge is -2.09. The lowest BCUT2D eigenvalue weighted by Crippen LogP contribution is -2.30. The van der Waals surface area contributed by atoms with Gasteiger partial charge >= 0.3 is 0 Å². The molecule has 0 spiro atoms. The van der Waals surface area contributed by atoms with Gasteiger partial charge in [-0.25, -0.2) is 18.1 Å². The van der Waals surface area contributed by atoms with Gasteiger partial charge < -0.3 is 5.32 Å². The Balaban J connectivity index is 2.10. The Labute approximate surface area is 127 Å². The monoisotopic (exact) mass is 311 g/mol. The fraction of sp³-hybridized carbons (Fsp3) is 0.667. The Morgan fingerprint density at radius 1 is 1.19 bits per heavy atom. The van der Waals surface area contributed by atoms with Crippen molar-refractivity contribution in [3.8, 4) is 0 Å². The first-order chi connectivity index (χ1) is 9.63. The predicted molar refractivity (Wildman–Crippen MR) is 84.7 cm³/mol. The van der Waals surface area contributed by atoms with Crippen molar-refractivity contribution in [1.29, 1.82) is 0 Å². The van der Waals surface area contributed by atoms with Crippen LogP contribution in [0.2, 0.25) is 0 Å². The number of rotatable bonds is 6. The molecule has 2 rings (SSSR count). The number of hydrogen-bond acceptors (Lipinski definition) is 4. The molecule has 1 fully saturated rings. The van der Waals surface area contributed by atoms with E-state index in [4.69, 9.17) is 0 Å². The summed E-state index contributed by atoms with van der Waals surface area (Å²) in [5, 5.41) is 3.13. The highest BCUT2D eigenvalue weighted by Gasteiger charge is 2.66. The fourth-order valence-corrected chi connectivity index (χ4v) is 4.09. The van der Waals surface area contributed by atoms with Crippen LogP contribution in [0, 0.1) is 10.8 Å². The molecule has 1 aromatic rings. The van der Waals surface area contributed by atoms with Gasteiger partial charge in [-0.2, -0.15) is 0 Å². The molecule has 1 saturated carbocycles. The van der Waals surface area contributed by atoms with E-state index in [2.05, 4.69) is 49.6 Å². The van der Waals surface area contributed by atoms with Gasteiger partial charge in [0.1, 0.15) is 10.7 Å². The normalized spacial score (nSPS) is 20.2. The maximum Gasteiger partial charge on any atom is 0.242 e. The van der Waals surface area contributed by atoms with E-state index in [1.807, 2.05) is 0 Å². The number of sulfonamides is 1. The van der Waals surface area contributed by atoms with Crippen molar-refractivity contribution in [1.82, 2.24) is 9.71 Å². The third-order valence-corrected chi connectivity index (χ3v) is 6.30. The second-order valence-corrected chi connectivity index (χ2v) is 8.52. The molecule has 0 radical (unpaired) electrons. The average Bonchev–Trinajstić information content (AvgIpc) is 2.79. The lowest BCUT2D eigenvalue weighted by molar-refractivity contribution is 0.457. The van der Waals surface area contributed by atoms with Crippen molar-refractivity contribution in [2.75, 3.05) is 11.9 Å². The van der Waals surface area contributed by atoms with Crippen LogP contribution in [0.25, 0.3) is 0 Å². The zero-order chi connectivity index (χ0) is 15.9. The van der Waals surface area contributed by atoms with Gasteiger partial charge in [0.15, 0.2) is 0 Å². The molecule has 0 atom stereocenters. The van der Waals surface area contributed by atoms with Crippen LogP contribution in [-0.2, 0) is 10.0 Å². The maximum atomic E-state index is 12.4. The van der Waals surface area contributed by atoms with Gasteiger partial charge in [0.05, 0.1) is 0 Å². The zero-order valence-corrected chi connectivity index (χ0v) is 14.2. The standard InChI is InChI=1S/C15H25N3O2S/c1-6-9-16-12-8-7-11(10-17-12)21(19,20)18-13-14(2,3)15(13,4)5/h7-8,10,13,18H,6,9H2,1-5H3,(H,16,17). The number of nitrogens with zero attached hydrogens (tertiary/aromatic N) is 1. The minimum Gasteiger partial charge on any atom is -0.370 e. The minimum absolute atomic E-state index is 0.0316. The molecule has 21 heavy (non-hydrogen) atoms. The first-order valence-electron chi connectivity index (χ1n) is 7.35. The summed E-state index contributed by atoms with van der Waals surface area (Å²) in [6.45, 7) is 11.2. The highest BCUT2D eigenvalue weighted by molar-refractivity contribution is 7.89. The van der Waals surface area contributed by atoms with Crippen molar-refractivity contribution in [3.63, 3.8) is 0 Å². The third kappa shape index (κ3) is 2.92. The minimum atomic E-state index is -3.52. The number of pyridine rings is 1. The van der Waals surface area contributed by atoms with Crippen LogP contribution in [0.4, 0.5) is 5.82 Å². The van der Waals surface area contributed by atoms with E-state index in [0.717, 1.165) is 13.0 Å². The quantitative estimate of drug-likeness (QED) is 0.847. The van der Waals surface area contributed by atoms with Gasteiger partial charge in [-0.05, 0) is 29.4 Å².